The third-order valence-electron chi connectivity index (χ3n) is 5.40. The monoisotopic (exact) mass is 497 g/mol. The van der Waals surface area contributed by atoms with Crippen molar-refractivity contribution in [2.45, 2.75) is 31.9 Å². The van der Waals surface area contributed by atoms with Crippen LogP contribution in [0, 0.1) is 25.2 Å². The summed E-state index contributed by atoms with van der Waals surface area (Å²) < 4.78 is 25.7. The second-order valence-electron chi connectivity index (χ2n) is 7.75. The second-order valence-corrected chi connectivity index (χ2v) is 9.12. The lowest BCUT2D eigenvalue weighted by atomic mass is 10.00. The highest BCUT2D eigenvalue weighted by molar-refractivity contribution is 7.82. The number of pyridine rings is 1. The van der Waals surface area contributed by atoms with Crippen LogP contribution in [0.15, 0.2) is 44.7 Å². The average molecular weight is 498 g/mol. The highest BCUT2D eigenvalue weighted by atomic mass is 35.5. The van der Waals surface area contributed by atoms with Gasteiger partial charge in [0, 0.05) is 18.2 Å². The molecule has 0 radical (unpaired) electrons. The number of aryl methyl sites for hydroxylation is 2. The Bertz CT molecular complexity index is 1570. The first-order valence-corrected chi connectivity index (χ1v) is 11.7. The number of aromatic nitrogens is 3. The van der Waals surface area contributed by atoms with Crippen LogP contribution in [0.5, 0.6) is 5.75 Å². The molecule has 0 amide bonds. The van der Waals surface area contributed by atoms with Gasteiger partial charge < -0.3 is 9.15 Å². The summed E-state index contributed by atoms with van der Waals surface area (Å²) in [4.78, 5) is 17.3. The van der Waals surface area contributed by atoms with Crippen LogP contribution in [-0.4, -0.2) is 19.0 Å². The molecule has 3 aromatic heterocycles. The molecule has 34 heavy (non-hydrogen) atoms. The predicted octanol–water partition coefficient (Wildman–Crippen LogP) is 3.85. The Morgan fingerprint density at radius 2 is 2.06 bits per heavy atom. The number of nitrogens with two attached hydrogens (primary N) is 1. The van der Waals surface area contributed by atoms with Crippen LogP contribution >= 0.6 is 11.6 Å². The van der Waals surface area contributed by atoms with Crippen LogP contribution in [0.4, 0.5) is 0 Å². The largest absolute Gasteiger partial charge is 0.483 e. The number of nitriles is 1. The molecule has 1 aromatic carbocycles. The molecule has 2 unspecified atom stereocenters. The molecule has 4 rings (SSSR count). The summed E-state index contributed by atoms with van der Waals surface area (Å²) in [5.41, 5.74) is 2.56. The van der Waals surface area contributed by atoms with Crippen LogP contribution in [0.2, 0.25) is 5.15 Å². The number of hydrogen-bond donors (Lipinski definition) is 1. The lowest BCUT2D eigenvalue weighted by molar-refractivity contribution is 0.219. The van der Waals surface area contributed by atoms with Crippen molar-refractivity contribution in [2.24, 2.45) is 12.2 Å². The maximum atomic E-state index is 13.3. The third-order valence-corrected chi connectivity index (χ3v) is 6.29. The van der Waals surface area contributed by atoms with Gasteiger partial charge in [-0.2, -0.15) is 10.4 Å². The molecule has 0 saturated carbocycles. The molecule has 4 aromatic rings. The van der Waals surface area contributed by atoms with Crippen molar-refractivity contribution in [3.63, 3.8) is 0 Å². The van der Waals surface area contributed by atoms with Gasteiger partial charge >= 0.3 is 0 Å². The zero-order valence-corrected chi connectivity index (χ0v) is 20.3. The number of rotatable bonds is 5. The fourth-order valence-electron chi connectivity index (χ4n) is 3.76. The van der Waals surface area contributed by atoms with E-state index in [9.17, 15) is 14.3 Å². The van der Waals surface area contributed by atoms with E-state index in [1.165, 1.54) is 23.0 Å². The van der Waals surface area contributed by atoms with Gasteiger partial charge in [-0.05, 0) is 50.6 Å². The first-order chi connectivity index (χ1) is 16.1. The first-order valence-electron chi connectivity index (χ1n) is 10.1. The van der Waals surface area contributed by atoms with E-state index in [1.807, 2.05) is 13.0 Å². The molecule has 0 aliphatic rings. The number of benzene rings is 1. The van der Waals surface area contributed by atoms with Crippen LogP contribution < -0.4 is 15.3 Å². The molecule has 0 bridgehead atoms. The van der Waals surface area contributed by atoms with E-state index in [0.29, 0.717) is 27.7 Å². The van der Waals surface area contributed by atoms with Crippen molar-refractivity contribution in [3.8, 4) is 23.1 Å². The molecule has 3 heterocycles. The van der Waals surface area contributed by atoms with Gasteiger partial charge in [0.1, 0.15) is 45.3 Å². The average Bonchev–Trinajstić information content (AvgIpc) is 3.17. The number of fused-ring (bicyclic) bond motifs is 1. The molecule has 0 aliphatic carbocycles. The minimum absolute atomic E-state index is 0.00307. The summed E-state index contributed by atoms with van der Waals surface area (Å²) in [6.45, 7) is 5.27. The highest BCUT2D eigenvalue weighted by Gasteiger charge is 2.23. The molecule has 2 N–H and O–H groups in total. The summed E-state index contributed by atoms with van der Waals surface area (Å²) in [5.74, 6) is 0.456. The van der Waals surface area contributed by atoms with Crippen molar-refractivity contribution in [2.75, 3.05) is 0 Å². The Hall–Kier alpha value is -3.52. The minimum atomic E-state index is -1.93. The van der Waals surface area contributed by atoms with Gasteiger partial charge in [0.2, 0.25) is 0 Å². The highest BCUT2D eigenvalue weighted by Crippen LogP contribution is 2.34. The zero-order valence-electron chi connectivity index (χ0n) is 18.7. The molecular weight excluding hydrogens is 478 g/mol. The zero-order chi connectivity index (χ0) is 24.7. The molecule has 0 saturated heterocycles. The van der Waals surface area contributed by atoms with E-state index in [2.05, 4.69) is 16.2 Å². The number of nitrogens with zero attached hydrogens (tertiary/aromatic N) is 4. The fourth-order valence-corrected chi connectivity index (χ4v) is 4.46. The second kappa shape index (κ2) is 9.02. The molecule has 0 fully saturated rings. The lowest BCUT2D eigenvalue weighted by Gasteiger charge is -2.19. The van der Waals surface area contributed by atoms with Crippen LogP contribution in [0.25, 0.3) is 22.3 Å². The number of hydrogen-bond acceptors (Lipinski definition) is 7. The maximum Gasteiger partial charge on any atom is 0.196 e. The van der Waals surface area contributed by atoms with Crippen LogP contribution in [0.3, 0.4) is 0 Å². The summed E-state index contributed by atoms with van der Waals surface area (Å²) in [7, 11) is -0.287. The van der Waals surface area contributed by atoms with Gasteiger partial charge in [0.05, 0.1) is 17.1 Å². The lowest BCUT2D eigenvalue weighted by Crippen LogP contribution is -2.13. The Kier molecular flexibility index (Phi) is 6.27. The Labute approximate surface area is 202 Å². The maximum absolute atomic E-state index is 13.3. The van der Waals surface area contributed by atoms with Gasteiger partial charge in [0.25, 0.3) is 0 Å². The van der Waals surface area contributed by atoms with E-state index in [4.69, 9.17) is 25.9 Å². The van der Waals surface area contributed by atoms with E-state index in [0.717, 1.165) is 5.56 Å². The smallest absolute Gasteiger partial charge is 0.196 e. The molecule has 9 nitrogen and oxygen atoms in total. The van der Waals surface area contributed by atoms with Crippen LogP contribution in [-0.2, 0) is 18.0 Å². The Morgan fingerprint density at radius 3 is 2.74 bits per heavy atom. The molecule has 11 heteroatoms. The number of halogens is 1. The Morgan fingerprint density at radius 1 is 1.32 bits per heavy atom. The van der Waals surface area contributed by atoms with Gasteiger partial charge in [-0.3, -0.25) is 9.48 Å². The van der Waals surface area contributed by atoms with Gasteiger partial charge in [-0.25, -0.2) is 14.3 Å². The van der Waals surface area contributed by atoms with E-state index >= 15 is 0 Å². The van der Waals surface area contributed by atoms with Crippen molar-refractivity contribution in [3.05, 3.63) is 68.2 Å². The van der Waals surface area contributed by atoms with Crippen molar-refractivity contribution < 1.29 is 13.4 Å². The SMILES string of the molecule is Cc1cc(C(C)Oc2ccc(Cl)nc2S(N)=O)c2oc(-c3cnn(C)c3C#N)c(C)c(=O)c2c1. The molecule has 0 aliphatic heterocycles. The topological polar surface area (TPSA) is 137 Å². The van der Waals surface area contributed by atoms with Crippen molar-refractivity contribution >= 4 is 33.6 Å². The Balaban J connectivity index is 1.92. The third kappa shape index (κ3) is 4.09. The summed E-state index contributed by atoms with van der Waals surface area (Å²) in [5, 5.41) is 19.7. The van der Waals surface area contributed by atoms with Gasteiger partial charge in [-0.1, -0.05) is 11.6 Å². The summed E-state index contributed by atoms with van der Waals surface area (Å²) in [6.07, 6.45) is 0.849. The summed E-state index contributed by atoms with van der Waals surface area (Å²) >= 11 is 5.91. The molecular formula is C23H20ClN5O4S. The van der Waals surface area contributed by atoms with Crippen molar-refractivity contribution in [1.29, 1.82) is 5.26 Å². The van der Waals surface area contributed by atoms with E-state index in [-0.39, 0.29) is 32.8 Å². The van der Waals surface area contributed by atoms with Gasteiger partial charge in [-0.15, -0.1) is 0 Å². The fraction of sp³-hybridized carbons (Fsp3) is 0.217. The van der Waals surface area contributed by atoms with Crippen molar-refractivity contribution in [1.82, 2.24) is 14.8 Å². The molecule has 174 valence electrons. The first kappa shape index (κ1) is 23.6. The predicted molar refractivity (Wildman–Crippen MR) is 128 cm³/mol. The molecule has 0 spiro atoms. The standard InChI is InChI=1S/C23H20ClN5O4S/c1-11-7-14(13(3)32-18-5-6-19(24)28-23(18)34(26)31)22-15(8-11)20(30)12(2)21(33-22)16-10-27-29(4)17(16)9-25/h5-8,10,13H,26H2,1-4H3. The number of ether oxygens (including phenoxy) is 1. The molecule has 2 atom stereocenters. The summed E-state index contributed by atoms with van der Waals surface area (Å²) in [6, 6.07) is 8.71. The van der Waals surface area contributed by atoms with Crippen LogP contribution in [0.1, 0.15) is 35.4 Å². The van der Waals surface area contributed by atoms with E-state index in [1.54, 1.807) is 27.0 Å². The van der Waals surface area contributed by atoms with E-state index < -0.39 is 17.1 Å². The minimum Gasteiger partial charge on any atom is -0.483 e. The quantitative estimate of drug-likeness (QED) is 0.413. The van der Waals surface area contributed by atoms with Gasteiger partial charge in [0.15, 0.2) is 16.2 Å². The normalized spacial score (nSPS) is 13.0.